The van der Waals surface area contributed by atoms with Crippen molar-refractivity contribution in [3.63, 3.8) is 0 Å². The van der Waals surface area contributed by atoms with Crippen LogP contribution in [0.5, 0.6) is 0 Å². The molecule has 2 fully saturated rings. The van der Waals surface area contributed by atoms with Gasteiger partial charge in [-0.25, -0.2) is 0 Å². The van der Waals surface area contributed by atoms with Gasteiger partial charge in [0.2, 0.25) is 0 Å². The first-order valence-electron chi connectivity index (χ1n) is 6.07. The van der Waals surface area contributed by atoms with Crippen LogP contribution in [0.15, 0.2) is 24.3 Å². The van der Waals surface area contributed by atoms with Crippen LogP contribution in [0.1, 0.15) is 36.8 Å². The Bertz CT molecular complexity index is 388. The van der Waals surface area contributed by atoms with Crippen molar-refractivity contribution in [2.24, 2.45) is 5.73 Å². The number of methoxy groups -OCH3 is 1. The molecule has 0 radical (unpaired) electrons. The first-order chi connectivity index (χ1) is 7.70. The molecule has 2 nitrogen and oxygen atoms in total. The van der Waals surface area contributed by atoms with Gasteiger partial charge in [0.25, 0.3) is 0 Å². The van der Waals surface area contributed by atoms with Crippen molar-refractivity contribution >= 4 is 0 Å². The maximum absolute atomic E-state index is 6.39. The lowest BCUT2D eigenvalue weighted by Crippen LogP contribution is -2.37. The highest BCUT2D eigenvalue weighted by atomic mass is 16.5. The Morgan fingerprint density at radius 2 is 1.75 bits per heavy atom. The molecule has 0 atom stereocenters. The number of rotatable bonds is 4. The molecule has 3 rings (SSSR count). The Morgan fingerprint density at radius 1 is 1.12 bits per heavy atom. The summed E-state index contributed by atoms with van der Waals surface area (Å²) in [5, 5.41) is 0. The Morgan fingerprint density at radius 3 is 2.19 bits per heavy atom. The predicted molar refractivity (Wildman–Crippen MR) is 64.2 cm³/mol. The van der Waals surface area contributed by atoms with Crippen molar-refractivity contribution in [2.45, 2.75) is 43.2 Å². The molecule has 0 amide bonds. The highest BCUT2D eigenvalue weighted by molar-refractivity contribution is 5.41. The summed E-state index contributed by atoms with van der Waals surface area (Å²) in [6, 6.07) is 8.83. The van der Waals surface area contributed by atoms with Gasteiger partial charge < -0.3 is 10.5 Å². The van der Waals surface area contributed by atoms with Crippen molar-refractivity contribution < 1.29 is 4.74 Å². The van der Waals surface area contributed by atoms with E-state index in [4.69, 9.17) is 10.5 Å². The summed E-state index contributed by atoms with van der Waals surface area (Å²) >= 11 is 0. The fraction of sp³-hybridized carbons (Fsp3) is 0.571. The van der Waals surface area contributed by atoms with Crippen LogP contribution < -0.4 is 5.73 Å². The minimum absolute atomic E-state index is 0.121. The third-order valence-corrected chi connectivity index (χ3v) is 4.31. The third kappa shape index (κ3) is 1.40. The van der Waals surface area contributed by atoms with E-state index in [0.29, 0.717) is 12.0 Å². The minimum Gasteiger partial charge on any atom is -0.380 e. The van der Waals surface area contributed by atoms with E-state index < -0.39 is 0 Å². The molecule has 2 aliphatic carbocycles. The summed E-state index contributed by atoms with van der Waals surface area (Å²) in [7, 11) is 1.73. The largest absolute Gasteiger partial charge is 0.380 e. The molecule has 0 unspecified atom stereocenters. The van der Waals surface area contributed by atoms with E-state index in [1.807, 2.05) is 0 Å². The third-order valence-electron chi connectivity index (χ3n) is 4.31. The Kier molecular flexibility index (Phi) is 2.13. The fourth-order valence-electron chi connectivity index (χ4n) is 2.90. The SMILES string of the molecule is COCc1ccc(C2(C3(N)CC3)CC2)cc1. The van der Waals surface area contributed by atoms with E-state index in [0.717, 1.165) is 0 Å². The molecular weight excluding hydrogens is 198 g/mol. The van der Waals surface area contributed by atoms with Crippen LogP contribution >= 0.6 is 0 Å². The number of ether oxygens (including phenoxy) is 1. The van der Waals surface area contributed by atoms with Crippen molar-refractivity contribution in [3.05, 3.63) is 35.4 Å². The Balaban J connectivity index is 1.85. The zero-order valence-electron chi connectivity index (χ0n) is 9.83. The van der Waals surface area contributed by atoms with Gasteiger partial charge in [-0.15, -0.1) is 0 Å². The smallest absolute Gasteiger partial charge is 0.0713 e. The zero-order chi connectivity index (χ0) is 11.2. The minimum atomic E-state index is 0.121. The van der Waals surface area contributed by atoms with Crippen LogP contribution in [0, 0.1) is 0 Å². The van der Waals surface area contributed by atoms with Gasteiger partial charge in [-0.3, -0.25) is 0 Å². The van der Waals surface area contributed by atoms with Crippen molar-refractivity contribution in [3.8, 4) is 0 Å². The molecule has 1 aromatic rings. The van der Waals surface area contributed by atoms with Crippen LogP contribution in [0.3, 0.4) is 0 Å². The van der Waals surface area contributed by atoms with E-state index in [2.05, 4.69) is 24.3 Å². The molecule has 1 aromatic carbocycles. The predicted octanol–water partition coefficient (Wildman–Crippen LogP) is 2.36. The molecular formula is C14H19NO. The van der Waals surface area contributed by atoms with Crippen LogP contribution in [-0.2, 0) is 16.8 Å². The van der Waals surface area contributed by atoms with Crippen LogP contribution in [0.4, 0.5) is 0 Å². The molecule has 2 aliphatic rings. The van der Waals surface area contributed by atoms with Crippen LogP contribution in [-0.4, -0.2) is 12.6 Å². The molecule has 2 N–H and O–H groups in total. The molecule has 2 heteroatoms. The molecule has 0 spiro atoms. The average Bonchev–Trinajstić information content (AvgIpc) is 3.15. The first-order valence-corrected chi connectivity index (χ1v) is 6.07. The van der Waals surface area contributed by atoms with Gasteiger partial charge in [0, 0.05) is 18.1 Å². The van der Waals surface area contributed by atoms with Crippen molar-refractivity contribution in [1.82, 2.24) is 0 Å². The quantitative estimate of drug-likeness (QED) is 0.840. The fourth-order valence-corrected chi connectivity index (χ4v) is 2.90. The Hall–Kier alpha value is -0.860. The van der Waals surface area contributed by atoms with Gasteiger partial charge in [-0.1, -0.05) is 24.3 Å². The summed E-state index contributed by atoms with van der Waals surface area (Å²) in [4.78, 5) is 0. The number of benzene rings is 1. The maximum atomic E-state index is 6.39. The topological polar surface area (TPSA) is 35.2 Å². The molecule has 2 saturated carbocycles. The van der Waals surface area contributed by atoms with Gasteiger partial charge in [-0.2, -0.15) is 0 Å². The first kappa shape index (κ1) is 10.3. The highest BCUT2D eigenvalue weighted by Crippen LogP contribution is 2.63. The zero-order valence-corrected chi connectivity index (χ0v) is 9.83. The van der Waals surface area contributed by atoms with Gasteiger partial charge >= 0.3 is 0 Å². The lowest BCUT2D eigenvalue weighted by atomic mass is 9.86. The number of hydrogen-bond donors (Lipinski definition) is 1. The van der Waals surface area contributed by atoms with Crippen molar-refractivity contribution in [1.29, 1.82) is 0 Å². The van der Waals surface area contributed by atoms with Crippen molar-refractivity contribution in [2.75, 3.05) is 7.11 Å². The molecule has 0 aliphatic heterocycles. The number of hydrogen-bond acceptors (Lipinski definition) is 2. The van der Waals surface area contributed by atoms with Gasteiger partial charge in [-0.05, 0) is 36.8 Å². The number of nitrogens with two attached hydrogens (primary N) is 1. The standard InChI is InChI=1S/C14H19NO/c1-16-10-11-2-4-12(5-3-11)13(6-7-13)14(15)8-9-14/h2-5H,6-10,15H2,1H3. The van der Waals surface area contributed by atoms with E-state index in [1.165, 1.54) is 36.8 Å². The lowest BCUT2D eigenvalue weighted by Gasteiger charge is -2.23. The summed E-state index contributed by atoms with van der Waals surface area (Å²) < 4.78 is 5.12. The summed E-state index contributed by atoms with van der Waals surface area (Å²) in [5.74, 6) is 0. The summed E-state index contributed by atoms with van der Waals surface area (Å²) in [6.45, 7) is 0.695. The normalized spacial score (nSPS) is 24.1. The van der Waals surface area contributed by atoms with Gasteiger partial charge in [0.05, 0.1) is 6.61 Å². The van der Waals surface area contributed by atoms with Gasteiger partial charge in [0.1, 0.15) is 0 Å². The lowest BCUT2D eigenvalue weighted by molar-refractivity contribution is 0.185. The second-order valence-electron chi connectivity index (χ2n) is 5.37. The molecule has 0 heterocycles. The summed E-state index contributed by atoms with van der Waals surface area (Å²) in [5.41, 5.74) is 9.51. The summed E-state index contributed by atoms with van der Waals surface area (Å²) in [6.07, 6.45) is 4.94. The molecule has 0 saturated heterocycles. The maximum Gasteiger partial charge on any atom is 0.0713 e. The average molecular weight is 217 g/mol. The molecule has 0 bridgehead atoms. The molecule has 86 valence electrons. The monoisotopic (exact) mass is 217 g/mol. The van der Waals surface area contributed by atoms with Crippen LogP contribution in [0.25, 0.3) is 0 Å². The Labute approximate surface area is 96.8 Å². The van der Waals surface area contributed by atoms with Crippen LogP contribution in [0.2, 0.25) is 0 Å². The van der Waals surface area contributed by atoms with E-state index in [1.54, 1.807) is 7.11 Å². The van der Waals surface area contributed by atoms with Gasteiger partial charge in [0.15, 0.2) is 0 Å². The highest BCUT2D eigenvalue weighted by Gasteiger charge is 2.63. The second kappa shape index (κ2) is 3.31. The van der Waals surface area contributed by atoms with E-state index >= 15 is 0 Å². The molecule has 16 heavy (non-hydrogen) atoms. The van der Waals surface area contributed by atoms with E-state index in [-0.39, 0.29) is 5.54 Å². The molecule has 0 aromatic heterocycles. The van der Waals surface area contributed by atoms with E-state index in [9.17, 15) is 0 Å². The second-order valence-corrected chi connectivity index (χ2v) is 5.37.